The molecule has 0 spiro atoms. The highest BCUT2D eigenvalue weighted by Crippen LogP contribution is 2.21. The van der Waals surface area contributed by atoms with Crippen LogP contribution in [0.5, 0.6) is 0 Å². The molecule has 2 aromatic rings. The number of rotatable bonds is 4. The molecule has 0 aliphatic rings. The van der Waals surface area contributed by atoms with Gasteiger partial charge in [-0.3, -0.25) is 15.0 Å². The number of nitrogens with zero attached hydrogens (tertiary/aromatic N) is 3. The van der Waals surface area contributed by atoms with Crippen LogP contribution in [0.15, 0.2) is 30.5 Å². The van der Waals surface area contributed by atoms with Crippen LogP contribution in [0.4, 0.5) is 15.5 Å². The first-order chi connectivity index (χ1) is 9.56. The molecule has 0 unspecified atom stereocenters. The topological polar surface area (TPSA) is 95.4 Å². The van der Waals surface area contributed by atoms with Crippen LogP contribution in [0.3, 0.4) is 0 Å². The zero-order chi connectivity index (χ0) is 14.5. The van der Waals surface area contributed by atoms with Crippen LogP contribution in [-0.2, 0) is 4.79 Å². The number of amides is 2. The van der Waals surface area contributed by atoms with E-state index < -0.39 is 18.5 Å². The van der Waals surface area contributed by atoms with Crippen LogP contribution in [0, 0.1) is 0 Å². The Balaban J connectivity index is 2.22. The normalized spacial score (nSPS) is 10.1. The molecule has 0 saturated carbocycles. The fourth-order valence-corrected chi connectivity index (χ4v) is 2.05. The average molecular weight is 313 g/mol. The molecule has 9 heteroatoms. The Morgan fingerprint density at radius 3 is 2.85 bits per heavy atom. The molecule has 1 heterocycles. The number of aromatic nitrogens is 2. The fraction of sp³-hybridized carbons (Fsp3) is 0.0909. The van der Waals surface area contributed by atoms with E-state index in [0.29, 0.717) is 15.7 Å². The molecule has 2 amide bonds. The molecular weight excluding hydrogens is 304 g/mol. The van der Waals surface area contributed by atoms with Gasteiger partial charge in [-0.25, -0.2) is 4.79 Å². The van der Waals surface area contributed by atoms with Crippen molar-refractivity contribution in [1.82, 2.24) is 9.59 Å². The number of benzene rings is 1. The number of carboxylic acid groups (broad SMARTS) is 1. The van der Waals surface area contributed by atoms with E-state index in [9.17, 15) is 9.59 Å². The summed E-state index contributed by atoms with van der Waals surface area (Å²) < 4.78 is 3.60. The maximum absolute atomic E-state index is 12.1. The van der Waals surface area contributed by atoms with Gasteiger partial charge in [-0.2, -0.15) is 0 Å². The molecule has 0 radical (unpaired) electrons. The Labute approximate surface area is 123 Å². The molecule has 0 aliphatic carbocycles. The summed E-state index contributed by atoms with van der Waals surface area (Å²) in [4.78, 5) is 24.1. The van der Waals surface area contributed by atoms with E-state index >= 15 is 0 Å². The second kappa shape index (κ2) is 6.31. The predicted molar refractivity (Wildman–Crippen MR) is 75.4 cm³/mol. The lowest BCUT2D eigenvalue weighted by Gasteiger charge is -2.20. The number of carboxylic acids is 1. The van der Waals surface area contributed by atoms with Gasteiger partial charge in [0, 0.05) is 22.2 Å². The smallest absolute Gasteiger partial charge is 0.327 e. The summed E-state index contributed by atoms with van der Waals surface area (Å²) in [5.41, 5.74) is 0.384. The molecule has 1 aromatic carbocycles. The van der Waals surface area contributed by atoms with E-state index in [4.69, 9.17) is 16.7 Å². The third-order valence-electron chi connectivity index (χ3n) is 2.25. The van der Waals surface area contributed by atoms with Crippen LogP contribution in [0.25, 0.3) is 0 Å². The number of carbonyl (C=O) groups is 2. The zero-order valence-corrected chi connectivity index (χ0v) is 11.6. The van der Waals surface area contributed by atoms with E-state index in [0.717, 1.165) is 16.4 Å². The van der Waals surface area contributed by atoms with Gasteiger partial charge in [0.2, 0.25) is 0 Å². The van der Waals surface area contributed by atoms with Crippen molar-refractivity contribution < 1.29 is 14.7 Å². The third kappa shape index (κ3) is 3.65. The summed E-state index contributed by atoms with van der Waals surface area (Å²) in [6.45, 7) is -0.488. The second-order valence-corrected chi connectivity index (χ2v) is 4.89. The second-order valence-electron chi connectivity index (χ2n) is 3.67. The Bertz CT molecular complexity index is 620. The lowest BCUT2D eigenvalue weighted by Crippen LogP contribution is -2.38. The number of carbonyl (C=O) groups excluding carboxylic acids is 1. The maximum Gasteiger partial charge on any atom is 0.327 e. The van der Waals surface area contributed by atoms with Crippen LogP contribution >= 0.6 is 23.1 Å². The molecule has 1 aromatic heterocycles. The number of nitrogens with one attached hydrogen (secondary N) is 1. The minimum atomic E-state index is -1.14. The molecule has 0 fully saturated rings. The molecule has 0 aliphatic heterocycles. The van der Waals surface area contributed by atoms with Gasteiger partial charge in [-0.15, -0.1) is 5.10 Å². The first-order valence-corrected chi connectivity index (χ1v) is 6.54. The Kier molecular flexibility index (Phi) is 4.49. The SMILES string of the molecule is O=C(O)CN(C(=O)Nc1cnns1)c1cccc(Cl)c1. The van der Waals surface area contributed by atoms with Gasteiger partial charge in [-0.1, -0.05) is 22.2 Å². The van der Waals surface area contributed by atoms with Crippen molar-refractivity contribution in [1.29, 1.82) is 0 Å². The van der Waals surface area contributed by atoms with Crippen LogP contribution in [-0.4, -0.2) is 33.2 Å². The fourth-order valence-electron chi connectivity index (χ4n) is 1.45. The van der Waals surface area contributed by atoms with E-state index in [-0.39, 0.29) is 0 Å². The van der Waals surface area contributed by atoms with Gasteiger partial charge in [0.05, 0.1) is 6.20 Å². The van der Waals surface area contributed by atoms with Crippen molar-refractivity contribution in [3.63, 3.8) is 0 Å². The Morgan fingerprint density at radius 1 is 1.45 bits per heavy atom. The van der Waals surface area contributed by atoms with Crippen molar-refractivity contribution in [3.05, 3.63) is 35.5 Å². The van der Waals surface area contributed by atoms with Crippen LogP contribution in [0.1, 0.15) is 0 Å². The lowest BCUT2D eigenvalue weighted by molar-refractivity contribution is -0.135. The summed E-state index contributed by atoms with van der Waals surface area (Å²) >= 11 is 6.84. The minimum Gasteiger partial charge on any atom is -0.480 e. The molecule has 0 bridgehead atoms. The van der Waals surface area contributed by atoms with Crippen molar-refractivity contribution in [2.24, 2.45) is 0 Å². The van der Waals surface area contributed by atoms with E-state index in [1.165, 1.54) is 12.3 Å². The zero-order valence-electron chi connectivity index (χ0n) is 9.99. The van der Waals surface area contributed by atoms with Crippen molar-refractivity contribution in [2.75, 3.05) is 16.8 Å². The van der Waals surface area contributed by atoms with Gasteiger partial charge in [0.1, 0.15) is 11.5 Å². The van der Waals surface area contributed by atoms with Gasteiger partial charge in [0.25, 0.3) is 0 Å². The largest absolute Gasteiger partial charge is 0.480 e. The molecule has 0 atom stereocenters. The number of halogens is 1. The maximum atomic E-state index is 12.1. The van der Waals surface area contributed by atoms with Crippen molar-refractivity contribution in [2.45, 2.75) is 0 Å². The third-order valence-corrected chi connectivity index (χ3v) is 3.07. The Morgan fingerprint density at radius 2 is 2.25 bits per heavy atom. The summed E-state index contributed by atoms with van der Waals surface area (Å²) in [5.74, 6) is -1.14. The minimum absolute atomic E-state index is 0.384. The van der Waals surface area contributed by atoms with E-state index in [1.54, 1.807) is 18.2 Å². The predicted octanol–water partition coefficient (Wildman–Crippen LogP) is 2.31. The van der Waals surface area contributed by atoms with Gasteiger partial charge in [0.15, 0.2) is 0 Å². The summed E-state index contributed by atoms with van der Waals surface area (Å²) in [6, 6.07) is 5.78. The van der Waals surface area contributed by atoms with Gasteiger partial charge >= 0.3 is 12.0 Å². The summed E-state index contributed by atoms with van der Waals surface area (Å²) in [5, 5.41) is 15.8. The quantitative estimate of drug-likeness (QED) is 0.903. The molecule has 2 N–H and O–H groups in total. The Hall–Kier alpha value is -2.19. The lowest BCUT2D eigenvalue weighted by atomic mass is 10.3. The monoisotopic (exact) mass is 312 g/mol. The highest BCUT2D eigenvalue weighted by molar-refractivity contribution is 7.10. The summed E-state index contributed by atoms with van der Waals surface area (Å²) in [7, 11) is 0. The highest BCUT2D eigenvalue weighted by Gasteiger charge is 2.19. The van der Waals surface area contributed by atoms with Gasteiger partial charge < -0.3 is 5.11 Å². The molecule has 20 heavy (non-hydrogen) atoms. The van der Waals surface area contributed by atoms with Crippen molar-refractivity contribution >= 4 is 45.8 Å². The number of hydrogen-bond donors (Lipinski definition) is 2. The van der Waals surface area contributed by atoms with Gasteiger partial charge in [-0.05, 0) is 18.2 Å². The van der Waals surface area contributed by atoms with E-state index in [1.807, 2.05) is 0 Å². The first-order valence-electron chi connectivity index (χ1n) is 5.39. The number of anilines is 2. The van der Waals surface area contributed by atoms with Crippen LogP contribution in [0.2, 0.25) is 5.02 Å². The first kappa shape index (κ1) is 14.2. The standard InChI is InChI=1S/C11H9ClN4O3S/c12-7-2-1-3-8(4-7)16(6-10(17)18)11(19)14-9-5-13-15-20-9/h1-5H,6H2,(H,14,19)(H,17,18). The average Bonchev–Trinajstić information content (AvgIpc) is 2.88. The molecule has 7 nitrogen and oxygen atoms in total. The van der Waals surface area contributed by atoms with Crippen molar-refractivity contribution in [3.8, 4) is 0 Å². The highest BCUT2D eigenvalue weighted by atomic mass is 35.5. The number of hydrogen-bond acceptors (Lipinski definition) is 5. The molecule has 104 valence electrons. The number of aliphatic carboxylic acids is 1. The molecular formula is C11H9ClN4O3S. The molecule has 2 rings (SSSR count). The molecule has 0 saturated heterocycles. The number of urea groups is 1. The summed E-state index contributed by atoms with van der Waals surface area (Å²) in [6.07, 6.45) is 1.37. The van der Waals surface area contributed by atoms with Crippen LogP contribution < -0.4 is 10.2 Å². The van der Waals surface area contributed by atoms with E-state index in [2.05, 4.69) is 14.9 Å².